The van der Waals surface area contributed by atoms with E-state index in [0.717, 1.165) is 31.8 Å². The van der Waals surface area contributed by atoms with Gasteiger partial charge in [0.15, 0.2) is 0 Å². The van der Waals surface area contributed by atoms with Crippen LogP contribution in [0.2, 0.25) is 0 Å². The van der Waals surface area contributed by atoms with Crippen molar-refractivity contribution in [3.8, 4) is 0 Å². The molecule has 0 aromatic rings. The van der Waals surface area contributed by atoms with Crippen molar-refractivity contribution < 1.29 is 5.11 Å². The van der Waals surface area contributed by atoms with Crippen LogP contribution in [0.4, 0.5) is 0 Å². The lowest BCUT2D eigenvalue weighted by atomic mass is 9.85. The van der Waals surface area contributed by atoms with Gasteiger partial charge in [0.1, 0.15) is 0 Å². The van der Waals surface area contributed by atoms with Crippen molar-refractivity contribution in [2.75, 3.05) is 26.2 Å². The maximum absolute atomic E-state index is 8.63. The predicted molar refractivity (Wildman–Crippen MR) is 57.0 cm³/mol. The second-order valence-electron chi connectivity index (χ2n) is 5.00. The highest BCUT2D eigenvalue weighted by Crippen LogP contribution is 2.42. The maximum atomic E-state index is 8.63. The van der Waals surface area contributed by atoms with Crippen LogP contribution in [0, 0.1) is 5.92 Å². The molecule has 0 atom stereocenters. The number of hydrogen-bond acceptors (Lipinski definition) is 3. The second kappa shape index (κ2) is 4.17. The van der Waals surface area contributed by atoms with Crippen molar-refractivity contribution in [3.63, 3.8) is 0 Å². The molecule has 2 rings (SSSR count). The first-order valence-electron chi connectivity index (χ1n) is 5.87. The summed E-state index contributed by atoms with van der Waals surface area (Å²) in [7, 11) is 0. The minimum Gasteiger partial charge on any atom is -0.396 e. The third-order valence-electron chi connectivity index (χ3n) is 3.56. The first kappa shape index (κ1) is 10.4. The van der Waals surface area contributed by atoms with E-state index in [2.05, 4.69) is 4.90 Å². The van der Waals surface area contributed by atoms with Crippen molar-refractivity contribution in [2.24, 2.45) is 11.7 Å². The fourth-order valence-corrected chi connectivity index (χ4v) is 2.48. The molecule has 3 nitrogen and oxygen atoms in total. The zero-order valence-corrected chi connectivity index (χ0v) is 8.91. The summed E-state index contributed by atoms with van der Waals surface area (Å²) in [4.78, 5) is 2.45. The molecule has 1 aliphatic carbocycles. The standard InChI is InChI=1S/C11H22N2O/c12-11(10-4-5-10)8-13(9-11)6-2-1-3-7-14/h10,14H,1-9,12H2. The molecule has 0 amide bonds. The fraction of sp³-hybridized carbons (Fsp3) is 1.00. The Morgan fingerprint density at radius 2 is 1.93 bits per heavy atom. The number of aliphatic hydroxyl groups excluding tert-OH is 1. The molecule has 0 unspecified atom stereocenters. The van der Waals surface area contributed by atoms with Crippen LogP contribution in [0.5, 0.6) is 0 Å². The number of likely N-dealkylation sites (tertiary alicyclic amines) is 1. The number of nitrogens with zero attached hydrogens (tertiary/aromatic N) is 1. The third-order valence-corrected chi connectivity index (χ3v) is 3.56. The van der Waals surface area contributed by atoms with Crippen LogP contribution < -0.4 is 5.73 Å². The minimum absolute atomic E-state index is 0.178. The second-order valence-corrected chi connectivity index (χ2v) is 5.00. The summed E-state index contributed by atoms with van der Waals surface area (Å²) >= 11 is 0. The monoisotopic (exact) mass is 198 g/mol. The van der Waals surface area contributed by atoms with Gasteiger partial charge in [-0.1, -0.05) is 0 Å². The van der Waals surface area contributed by atoms with Crippen LogP contribution in [0.3, 0.4) is 0 Å². The van der Waals surface area contributed by atoms with Crippen molar-refractivity contribution in [1.29, 1.82) is 0 Å². The predicted octanol–water partition coefficient (Wildman–Crippen LogP) is 0.572. The molecular formula is C11H22N2O. The van der Waals surface area contributed by atoms with Gasteiger partial charge in [-0.25, -0.2) is 0 Å². The summed E-state index contributed by atoms with van der Waals surface area (Å²) in [6, 6.07) is 0. The van der Waals surface area contributed by atoms with E-state index in [4.69, 9.17) is 10.8 Å². The third kappa shape index (κ3) is 2.27. The van der Waals surface area contributed by atoms with Gasteiger partial charge in [0.25, 0.3) is 0 Å². The summed E-state index contributed by atoms with van der Waals surface area (Å²) in [6.07, 6.45) is 6.02. The zero-order valence-electron chi connectivity index (χ0n) is 8.91. The molecule has 0 radical (unpaired) electrons. The van der Waals surface area contributed by atoms with E-state index in [1.807, 2.05) is 0 Å². The lowest BCUT2D eigenvalue weighted by Gasteiger charge is -2.48. The lowest BCUT2D eigenvalue weighted by Crippen LogP contribution is -2.68. The Hall–Kier alpha value is -0.120. The molecular weight excluding hydrogens is 176 g/mol. The lowest BCUT2D eigenvalue weighted by molar-refractivity contribution is 0.0530. The molecule has 3 heteroatoms. The Morgan fingerprint density at radius 3 is 2.50 bits per heavy atom. The largest absolute Gasteiger partial charge is 0.396 e. The van der Waals surface area contributed by atoms with Gasteiger partial charge in [0, 0.05) is 25.2 Å². The van der Waals surface area contributed by atoms with E-state index < -0.39 is 0 Å². The summed E-state index contributed by atoms with van der Waals surface area (Å²) < 4.78 is 0. The van der Waals surface area contributed by atoms with E-state index in [0.29, 0.717) is 6.61 Å². The average Bonchev–Trinajstić information content (AvgIpc) is 2.91. The van der Waals surface area contributed by atoms with Gasteiger partial charge in [-0.3, -0.25) is 4.90 Å². The normalized spacial score (nSPS) is 26.1. The van der Waals surface area contributed by atoms with Crippen LogP contribution in [0.25, 0.3) is 0 Å². The molecule has 2 fully saturated rings. The fourth-order valence-electron chi connectivity index (χ4n) is 2.48. The van der Waals surface area contributed by atoms with Crippen molar-refractivity contribution >= 4 is 0 Å². The molecule has 1 saturated heterocycles. The molecule has 14 heavy (non-hydrogen) atoms. The Balaban J connectivity index is 1.54. The molecule has 0 spiro atoms. The highest BCUT2D eigenvalue weighted by Gasteiger charge is 2.49. The molecule has 2 aliphatic rings. The number of nitrogens with two attached hydrogens (primary N) is 1. The SMILES string of the molecule is NC1(C2CC2)CN(CCCCCO)C1. The molecule has 1 aliphatic heterocycles. The smallest absolute Gasteiger partial charge is 0.0440 e. The molecule has 0 bridgehead atoms. The first-order chi connectivity index (χ1) is 6.74. The van der Waals surface area contributed by atoms with Gasteiger partial charge in [0.2, 0.25) is 0 Å². The van der Waals surface area contributed by atoms with Gasteiger partial charge in [-0.15, -0.1) is 0 Å². The van der Waals surface area contributed by atoms with Gasteiger partial charge in [0.05, 0.1) is 0 Å². The first-order valence-corrected chi connectivity index (χ1v) is 5.87. The number of unbranched alkanes of at least 4 members (excludes halogenated alkanes) is 2. The highest BCUT2D eigenvalue weighted by molar-refractivity contribution is 5.08. The maximum Gasteiger partial charge on any atom is 0.0440 e. The molecule has 3 N–H and O–H groups in total. The van der Waals surface area contributed by atoms with Crippen LogP contribution in [-0.2, 0) is 0 Å². The van der Waals surface area contributed by atoms with Crippen molar-refractivity contribution in [2.45, 2.75) is 37.6 Å². The van der Waals surface area contributed by atoms with Crippen molar-refractivity contribution in [1.82, 2.24) is 4.90 Å². The molecule has 0 aromatic carbocycles. The van der Waals surface area contributed by atoms with E-state index in [1.165, 1.54) is 25.8 Å². The number of aliphatic hydroxyl groups is 1. The van der Waals surface area contributed by atoms with Gasteiger partial charge in [-0.05, 0) is 44.6 Å². The zero-order chi connectivity index (χ0) is 10.0. The summed E-state index contributed by atoms with van der Waals surface area (Å²) in [6.45, 7) is 3.72. The molecule has 0 aromatic heterocycles. The van der Waals surface area contributed by atoms with Crippen LogP contribution in [-0.4, -0.2) is 41.8 Å². The minimum atomic E-state index is 0.178. The highest BCUT2D eigenvalue weighted by atomic mass is 16.2. The summed E-state index contributed by atoms with van der Waals surface area (Å²) in [5, 5.41) is 8.63. The van der Waals surface area contributed by atoms with Gasteiger partial charge < -0.3 is 10.8 Å². The quantitative estimate of drug-likeness (QED) is 0.614. The average molecular weight is 198 g/mol. The van der Waals surface area contributed by atoms with Crippen molar-refractivity contribution in [3.05, 3.63) is 0 Å². The Morgan fingerprint density at radius 1 is 1.21 bits per heavy atom. The van der Waals surface area contributed by atoms with E-state index in [1.54, 1.807) is 0 Å². The Labute approximate surface area is 86.3 Å². The topological polar surface area (TPSA) is 49.5 Å². The Kier molecular flexibility index (Phi) is 3.10. The van der Waals surface area contributed by atoms with Crippen LogP contribution >= 0.6 is 0 Å². The Bertz CT molecular complexity index is 186. The molecule has 1 heterocycles. The van der Waals surface area contributed by atoms with E-state index >= 15 is 0 Å². The van der Waals surface area contributed by atoms with Crippen LogP contribution in [0.1, 0.15) is 32.1 Å². The van der Waals surface area contributed by atoms with Gasteiger partial charge >= 0.3 is 0 Å². The molecule has 1 saturated carbocycles. The summed E-state index contributed by atoms with van der Waals surface area (Å²) in [5.41, 5.74) is 6.42. The number of rotatable bonds is 6. The number of hydrogen-bond donors (Lipinski definition) is 2. The van der Waals surface area contributed by atoms with Crippen LogP contribution in [0.15, 0.2) is 0 Å². The summed E-state index contributed by atoms with van der Waals surface area (Å²) in [5.74, 6) is 0.830. The van der Waals surface area contributed by atoms with E-state index in [-0.39, 0.29) is 5.54 Å². The van der Waals surface area contributed by atoms with Gasteiger partial charge in [-0.2, -0.15) is 0 Å². The molecule has 82 valence electrons. The van der Waals surface area contributed by atoms with E-state index in [9.17, 15) is 0 Å².